The van der Waals surface area contributed by atoms with Crippen LogP contribution in [-0.4, -0.2) is 43.1 Å². The second-order valence-corrected chi connectivity index (χ2v) is 8.28. The first-order valence-electron chi connectivity index (χ1n) is 10.9. The van der Waals surface area contributed by atoms with Gasteiger partial charge in [0.25, 0.3) is 0 Å². The van der Waals surface area contributed by atoms with E-state index in [-0.39, 0.29) is 36.5 Å². The van der Waals surface area contributed by atoms with Crippen LogP contribution in [0.1, 0.15) is 48.0 Å². The molecule has 2 aliphatic rings. The third kappa shape index (κ3) is 4.53. The fourth-order valence-corrected chi connectivity index (χ4v) is 4.91. The lowest BCUT2D eigenvalue weighted by molar-refractivity contribution is 0.00467. The van der Waals surface area contributed by atoms with E-state index in [1.807, 2.05) is 35.2 Å². The normalized spacial score (nSPS) is 22.5. The molecule has 31 heavy (non-hydrogen) atoms. The van der Waals surface area contributed by atoms with Gasteiger partial charge in [0.1, 0.15) is 18.1 Å². The SMILES string of the molecule is COc1ccc(C(=O)C2CC3CCCC(C2)N3C(=O)OCc2ccccc2)c(OC)c1. The van der Waals surface area contributed by atoms with Crippen LogP contribution in [0.25, 0.3) is 0 Å². The third-order valence-electron chi connectivity index (χ3n) is 6.44. The molecule has 0 aliphatic carbocycles. The molecule has 0 radical (unpaired) electrons. The molecule has 2 aliphatic heterocycles. The largest absolute Gasteiger partial charge is 0.497 e. The van der Waals surface area contributed by atoms with E-state index < -0.39 is 0 Å². The topological polar surface area (TPSA) is 65.1 Å². The van der Waals surface area contributed by atoms with Gasteiger partial charge in [-0.05, 0) is 49.8 Å². The van der Waals surface area contributed by atoms with Crippen LogP contribution < -0.4 is 9.47 Å². The first-order chi connectivity index (χ1) is 15.1. The predicted octanol–water partition coefficient (Wildman–Crippen LogP) is 4.86. The lowest BCUT2D eigenvalue weighted by Gasteiger charge is -2.47. The van der Waals surface area contributed by atoms with E-state index in [4.69, 9.17) is 14.2 Å². The molecule has 2 heterocycles. The Bertz CT molecular complexity index is 915. The molecule has 2 atom stereocenters. The molecule has 0 aromatic heterocycles. The molecule has 0 saturated carbocycles. The zero-order valence-electron chi connectivity index (χ0n) is 18.1. The van der Waals surface area contributed by atoms with Crippen LogP contribution in [0.5, 0.6) is 11.5 Å². The Hall–Kier alpha value is -3.02. The number of carbonyl (C=O) groups excluding carboxylic acids is 2. The monoisotopic (exact) mass is 423 g/mol. The highest BCUT2D eigenvalue weighted by molar-refractivity contribution is 6.00. The number of methoxy groups -OCH3 is 2. The van der Waals surface area contributed by atoms with E-state index in [9.17, 15) is 9.59 Å². The number of ketones is 1. The van der Waals surface area contributed by atoms with Crippen molar-refractivity contribution in [1.82, 2.24) is 4.90 Å². The Balaban J connectivity index is 1.45. The molecule has 2 bridgehead atoms. The molecule has 6 nitrogen and oxygen atoms in total. The molecular weight excluding hydrogens is 394 g/mol. The number of Topliss-reactive ketones (excluding diaryl/α,β-unsaturated/α-hetero) is 1. The first-order valence-corrected chi connectivity index (χ1v) is 10.9. The van der Waals surface area contributed by atoms with Crippen molar-refractivity contribution in [2.75, 3.05) is 14.2 Å². The minimum absolute atomic E-state index is 0.0361. The summed E-state index contributed by atoms with van der Waals surface area (Å²) in [7, 11) is 3.15. The highest BCUT2D eigenvalue weighted by Gasteiger charge is 2.44. The predicted molar refractivity (Wildman–Crippen MR) is 116 cm³/mol. The first kappa shape index (κ1) is 21.2. The second-order valence-electron chi connectivity index (χ2n) is 8.28. The van der Waals surface area contributed by atoms with E-state index in [1.165, 1.54) is 0 Å². The molecule has 1 amide bonds. The summed E-state index contributed by atoms with van der Waals surface area (Å²) < 4.78 is 16.3. The van der Waals surface area contributed by atoms with E-state index in [0.29, 0.717) is 29.9 Å². The van der Waals surface area contributed by atoms with Gasteiger partial charge in [0.05, 0.1) is 19.8 Å². The molecule has 2 unspecified atom stereocenters. The molecule has 2 fully saturated rings. The maximum atomic E-state index is 13.3. The maximum absolute atomic E-state index is 13.3. The van der Waals surface area contributed by atoms with Gasteiger partial charge in [0.2, 0.25) is 0 Å². The minimum atomic E-state index is -0.272. The van der Waals surface area contributed by atoms with Gasteiger partial charge in [0.15, 0.2) is 5.78 Å². The molecule has 6 heteroatoms. The number of carbonyl (C=O) groups is 2. The number of hydrogen-bond acceptors (Lipinski definition) is 5. The van der Waals surface area contributed by atoms with Gasteiger partial charge in [-0.2, -0.15) is 0 Å². The summed E-state index contributed by atoms with van der Waals surface area (Å²) in [6, 6.07) is 15.1. The highest BCUT2D eigenvalue weighted by atomic mass is 16.6. The molecule has 2 aromatic carbocycles. The zero-order valence-corrected chi connectivity index (χ0v) is 18.1. The molecule has 4 rings (SSSR count). The third-order valence-corrected chi connectivity index (χ3v) is 6.44. The van der Waals surface area contributed by atoms with Crippen LogP contribution in [-0.2, 0) is 11.3 Å². The van der Waals surface area contributed by atoms with Crippen LogP contribution >= 0.6 is 0 Å². The van der Waals surface area contributed by atoms with Crippen molar-refractivity contribution in [2.24, 2.45) is 5.92 Å². The van der Waals surface area contributed by atoms with Gasteiger partial charge >= 0.3 is 6.09 Å². The van der Waals surface area contributed by atoms with Crippen LogP contribution in [0, 0.1) is 5.92 Å². The quantitative estimate of drug-likeness (QED) is 0.621. The molecule has 2 aromatic rings. The van der Waals surface area contributed by atoms with Gasteiger partial charge in [-0.15, -0.1) is 0 Å². The number of hydrogen-bond donors (Lipinski definition) is 0. The van der Waals surface area contributed by atoms with Crippen molar-refractivity contribution in [3.05, 3.63) is 59.7 Å². The zero-order chi connectivity index (χ0) is 21.8. The Labute approximate surface area is 183 Å². The summed E-state index contributed by atoms with van der Waals surface area (Å²) >= 11 is 0. The van der Waals surface area contributed by atoms with E-state index in [1.54, 1.807) is 32.4 Å². The summed E-state index contributed by atoms with van der Waals surface area (Å²) in [6.07, 6.45) is 3.92. The van der Waals surface area contributed by atoms with Crippen molar-refractivity contribution in [1.29, 1.82) is 0 Å². The lowest BCUT2D eigenvalue weighted by atomic mass is 9.75. The van der Waals surface area contributed by atoms with Gasteiger partial charge in [-0.1, -0.05) is 30.3 Å². The molecule has 2 saturated heterocycles. The van der Waals surface area contributed by atoms with Crippen molar-refractivity contribution >= 4 is 11.9 Å². The Morgan fingerprint density at radius 2 is 1.68 bits per heavy atom. The van der Waals surface area contributed by atoms with Gasteiger partial charge in [-0.25, -0.2) is 4.79 Å². The Morgan fingerprint density at radius 1 is 0.968 bits per heavy atom. The van der Waals surface area contributed by atoms with Gasteiger partial charge in [-0.3, -0.25) is 4.79 Å². The van der Waals surface area contributed by atoms with Crippen molar-refractivity contribution in [2.45, 2.75) is 50.8 Å². The van der Waals surface area contributed by atoms with E-state index in [2.05, 4.69) is 0 Å². The number of rotatable bonds is 6. The lowest BCUT2D eigenvalue weighted by Crippen LogP contribution is -2.55. The number of ether oxygens (including phenoxy) is 3. The summed E-state index contributed by atoms with van der Waals surface area (Å²) in [4.78, 5) is 28.1. The maximum Gasteiger partial charge on any atom is 0.410 e. The number of piperidine rings is 2. The number of fused-ring (bicyclic) bond motifs is 2. The van der Waals surface area contributed by atoms with Crippen LogP contribution in [0.15, 0.2) is 48.5 Å². The number of benzene rings is 2. The summed E-state index contributed by atoms with van der Waals surface area (Å²) in [6.45, 7) is 0.265. The highest BCUT2D eigenvalue weighted by Crippen LogP contribution is 2.40. The van der Waals surface area contributed by atoms with Crippen molar-refractivity contribution < 1.29 is 23.8 Å². The van der Waals surface area contributed by atoms with Gasteiger partial charge < -0.3 is 19.1 Å². The molecule has 0 spiro atoms. The Kier molecular flexibility index (Phi) is 6.44. The average molecular weight is 424 g/mol. The van der Waals surface area contributed by atoms with Crippen LogP contribution in [0.2, 0.25) is 0 Å². The molecule has 0 N–H and O–H groups in total. The number of nitrogens with zero attached hydrogens (tertiary/aromatic N) is 1. The summed E-state index contributed by atoms with van der Waals surface area (Å²) in [5.41, 5.74) is 1.55. The van der Waals surface area contributed by atoms with Crippen molar-refractivity contribution in [3.63, 3.8) is 0 Å². The molecule has 164 valence electrons. The number of amides is 1. The average Bonchev–Trinajstić information content (AvgIpc) is 2.81. The standard InChI is InChI=1S/C25H29NO5/c1-29-21-11-12-22(23(15-21)30-2)24(27)18-13-19-9-6-10-20(14-18)26(19)25(28)31-16-17-7-4-3-5-8-17/h3-5,7-8,11-12,15,18-20H,6,9-10,13-14,16H2,1-2H3. The van der Waals surface area contributed by atoms with Crippen molar-refractivity contribution in [3.8, 4) is 11.5 Å². The van der Waals surface area contributed by atoms with Gasteiger partial charge in [0, 0.05) is 24.1 Å². The second kappa shape index (κ2) is 9.41. The fraction of sp³-hybridized carbons (Fsp3) is 0.440. The van der Waals surface area contributed by atoms with Crippen LogP contribution in [0.3, 0.4) is 0 Å². The fourth-order valence-electron chi connectivity index (χ4n) is 4.91. The van der Waals surface area contributed by atoms with E-state index in [0.717, 1.165) is 24.8 Å². The summed E-state index contributed by atoms with van der Waals surface area (Å²) in [5, 5.41) is 0. The summed E-state index contributed by atoms with van der Waals surface area (Å²) in [5.74, 6) is 1.13. The smallest absolute Gasteiger partial charge is 0.410 e. The minimum Gasteiger partial charge on any atom is -0.497 e. The molecular formula is C25H29NO5. The van der Waals surface area contributed by atoms with E-state index >= 15 is 0 Å². The Morgan fingerprint density at radius 3 is 2.32 bits per heavy atom. The van der Waals surface area contributed by atoms with Crippen LogP contribution in [0.4, 0.5) is 4.79 Å².